The molecule has 0 aromatic carbocycles. The predicted molar refractivity (Wildman–Crippen MR) is 69.5 cm³/mol. The van der Waals surface area contributed by atoms with Gasteiger partial charge in [-0.05, 0) is 32.1 Å². The molecule has 1 heterocycles. The third-order valence-corrected chi connectivity index (χ3v) is 3.16. The van der Waals surface area contributed by atoms with Gasteiger partial charge in [0.15, 0.2) is 5.78 Å². The van der Waals surface area contributed by atoms with E-state index in [2.05, 4.69) is 4.98 Å². The molecule has 1 aromatic rings. The minimum Gasteiger partial charge on any atom is -0.381 e. The molecule has 0 unspecified atom stereocenters. The van der Waals surface area contributed by atoms with Crippen molar-refractivity contribution in [2.75, 3.05) is 13.2 Å². The summed E-state index contributed by atoms with van der Waals surface area (Å²) in [6, 6.07) is 0. The van der Waals surface area contributed by atoms with Crippen molar-refractivity contribution in [1.82, 2.24) is 9.55 Å². The van der Waals surface area contributed by atoms with Crippen LogP contribution in [0.4, 0.5) is 0 Å². The first-order chi connectivity index (χ1) is 9.09. The summed E-state index contributed by atoms with van der Waals surface area (Å²) >= 11 is 0. The van der Waals surface area contributed by atoms with Crippen molar-refractivity contribution in [2.24, 2.45) is 5.92 Å². The molecule has 1 saturated carbocycles. The molecule has 0 bridgehead atoms. The average Bonchev–Trinajstić information content (AvgIpc) is 3.16. The summed E-state index contributed by atoms with van der Waals surface area (Å²) in [4.78, 5) is 37.1. The molecule has 19 heavy (non-hydrogen) atoms. The first-order valence-corrected chi connectivity index (χ1v) is 6.51. The number of H-pyrrole nitrogens is 1. The van der Waals surface area contributed by atoms with Crippen molar-refractivity contribution >= 4 is 5.78 Å². The number of Topliss-reactive ketones (excluding diaryl/α,β-unsaturated/α-hetero) is 1. The van der Waals surface area contributed by atoms with Crippen LogP contribution in [-0.2, 0) is 11.3 Å². The van der Waals surface area contributed by atoms with E-state index >= 15 is 0 Å². The van der Waals surface area contributed by atoms with Crippen molar-refractivity contribution in [3.8, 4) is 0 Å². The van der Waals surface area contributed by atoms with Crippen LogP contribution in [0, 0.1) is 5.92 Å². The zero-order chi connectivity index (χ0) is 13.8. The number of nitrogens with one attached hydrogen (secondary N) is 1. The largest absolute Gasteiger partial charge is 0.381 e. The molecule has 2 rings (SSSR count). The van der Waals surface area contributed by atoms with E-state index in [1.165, 1.54) is 26.0 Å². The molecule has 1 N–H and O–H groups in total. The summed E-state index contributed by atoms with van der Waals surface area (Å²) < 4.78 is 6.49. The maximum absolute atomic E-state index is 11.9. The fraction of sp³-hybridized carbons (Fsp3) is 0.615. The lowest BCUT2D eigenvalue weighted by molar-refractivity contribution is 0.101. The Morgan fingerprint density at radius 1 is 1.47 bits per heavy atom. The minimum absolute atomic E-state index is 0.0125. The number of carbonyl (C=O) groups excluding carboxylic acids is 1. The second-order valence-electron chi connectivity index (χ2n) is 4.89. The van der Waals surface area contributed by atoms with Crippen LogP contribution in [0.2, 0.25) is 0 Å². The molecular weight excluding hydrogens is 248 g/mol. The molecule has 6 heteroatoms. The van der Waals surface area contributed by atoms with Crippen LogP contribution in [-0.4, -0.2) is 28.5 Å². The third-order valence-electron chi connectivity index (χ3n) is 3.16. The SMILES string of the molecule is CC(=O)c1c[nH]c(=O)n(CCCOCC2CC2)c1=O. The van der Waals surface area contributed by atoms with Gasteiger partial charge in [-0.25, -0.2) is 4.79 Å². The van der Waals surface area contributed by atoms with Gasteiger partial charge in [0, 0.05) is 26.0 Å². The normalized spacial score (nSPS) is 14.6. The first-order valence-electron chi connectivity index (χ1n) is 6.51. The lowest BCUT2D eigenvalue weighted by atomic mass is 10.2. The number of ketones is 1. The highest BCUT2D eigenvalue weighted by Gasteiger charge is 2.20. The molecule has 104 valence electrons. The molecular formula is C13H18N2O4. The van der Waals surface area contributed by atoms with Crippen molar-refractivity contribution in [2.45, 2.75) is 32.7 Å². The van der Waals surface area contributed by atoms with Crippen LogP contribution in [0.1, 0.15) is 36.5 Å². The second-order valence-corrected chi connectivity index (χ2v) is 4.89. The highest BCUT2D eigenvalue weighted by atomic mass is 16.5. The Bertz CT molecular complexity index is 569. The predicted octanol–water partition coefficient (Wildman–Crippen LogP) is 0.556. The molecule has 0 aliphatic heterocycles. The summed E-state index contributed by atoms with van der Waals surface area (Å²) in [5.41, 5.74) is -1.01. The van der Waals surface area contributed by atoms with Crippen molar-refractivity contribution in [3.05, 3.63) is 32.6 Å². The molecule has 1 aliphatic rings. The van der Waals surface area contributed by atoms with Gasteiger partial charge in [0.05, 0.1) is 5.56 Å². The van der Waals surface area contributed by atoms with Gasteiger partial charge >= 0.3 is 5.69 Å². The molecule has 1 fully saturated rings. The van der Waals surface area contributed by atoms with Crippen LogP contribution in [0.3, 0.4) is 0 Å². The van der Waals surface area contributed by atoms with E-state index in [4.69, 9.17) is 4.74 Å². The Morgan fingerprint density at radius 2 is 2.21 bits per heavy atom. The van der Waals surface area contributed by atoms with E-state index < -0.39 is 11.2 Å². The van der Waals surface area contributed by atoms with Crippen molar-refractivity contribution in [3.63, 3.8) is 0 Å². The van der Waals surface area contributed by atoms with Crippen molar-refractivity contribution in [1.29, 1.82) is 0 Å². The monoisotopic (exact) mass is 266 g/mol. The minimum atomic E-state index is -0.529. The molecule has 0 amide bonds. The fourth-order valence-corrected chi connectivity index (χ4v) is 1.83. The Hall–Kier alpha value is -1.69. The van der Waals surface area contributed by atoms with E-state index in [1.807, 2.05) is 0 Å². The van der Waals surface area contributed by atoms with Gasteiger partial charge in [-0.3, -0.25) is 14.2 Å². The van der Waals surface area contributed by atoms with Gasteiger partial charge in [-0.1, -0.05) is 0 Å². The lowest BCUT2D eigenvalue weighted by Gasteiger charge is -2.06. The summed E-state index contributed by atoms with van der Waals surface area (Å²) in [5, 5.41) is 0. The molecule has 0 saturated heterocycles. The van der Waals surface area contributed by atoms with Gasteiger partial charge in [0.2, 0.25) is 0 Å². The number of carbonyl (C=O) groups is 1. The van der Waals surface area contributed by atoms with Gasteiger partial charge in [-0.15, -0.1) is 0 Å². The quantitative estimate of drug-likeness (QED) is 0.577. The number of rotatable bonds is 7. The molecule has 0 radical (unpaired) electrons. The topological polar surface area (TPSA) is 81.2 Å². The molecule has 0 spiro atoms. The van der Waals surface area contributed by atoms with Crippen LogP contribution < -0.4 is 11.2 Å². The Morgan fingerprint density at radius 3 is 2.84 bits per heavy atom. The van der Waals surface area contributed by atoms with Gasteiger partial charge in [0.25, 0.3) is 5.56 Å². The number of aromatic amines is 1. The number of aromatic nitrogens is 2. The van der Waals surface area contributed by atoms with E-state index in [9.17, 15) is 14.4 Å². The van der Waals surface area contributed by atoms with E-state index in [0.717, 1.165) is 11.2 Å². The lowest BCUT2D eigenvalue weighted by Crippen LogP contribution is -2.38. The Labute approximate surface area is 110 Å². The average molecular weight is 266 g/mol. The first kappa shape index (κ1) is 13.7. The van der Waals surface area contributed by atoms with Crippen LogP contribution >= 0.6 is 0 Å². The van der Waals surface area contributed by atoms with Crippen molar-refractivity contribution < 1.29 is 9.53 Å². The zero-order valence-electron chi connectivity index (χ0n) is 11.0. The maximum atomic E-state index is 11.9. The third kappa shape index (κ3) is 3.64. The molecule has 0 atom stereocenters. The number of hydrogen-bond donors (Lipinski definition) is 1. The van der Waals surface area contributed by atoms with Gasteiger partial charge in [-0.2, -0.15) is 0 Å². The summed E-state index contributed by atoms with van der Waals surface area (Å²) in [6.07, 6.45) is 4.23. The summed E-state index contributed by atoms with van der Waals surface area (Å²) in [6.45, 7) is 2.85. The van der Waals surface area contributed by atoms with Gasteiger partial charge in [0.1, 0.15) is 0 Å². The van der Waals surface area contributed by atoms with E-state index in [-0.39, 0.29) is 17.9 Å². The maximum Gasteiger partial charge on any atom is 0.328 e. The second kappa shape index (κ2) is 5.97. The smallest absolute Gasteiger partial charge is 0.328 e. The van der Waals surface area contributed by atoms with Crippen LogP contribution in [0.25, 0.3) is 0 Å². The number of hydrogen-bond acceptors (Lipinski definition) is 4. The highest BCUT2D eigenvalue weighted by molar-refractivity contribution is 5.93. The van der Waals surface area contributed by atoms with Crippen LogP contribution in [0.5, 0.6) is 0 Å². The fourth-order valence-electron chi connectivity index (χ4n) is 1.83. The Kier molecular flexibility index (Phi) is 4.31. The highest BCUT2D eigenvalue weighted by Crippen LogP contribution is 2.28. The Balaban J connectivity index is 1.94. The summed E-state index contributed by atoms with van der Waals surface area (Å²) in [5.74, 6) is 0.354. The molecule has 1 aliphatic carbocycles. The number of ether oxygens (including phenoxy) is 1. The number of nitrogens with zero attached hydrogens (tertiary/aromatic N) is 1. The molecule has 1 aromatic heterocycles. The van der Waals surface area contributed by atoms with E-state index in [0.29, 0.717) is 18.9 Å². The summed E-state index contributed by atoms with van der Waals surface area (Å²) in [7, 11) is 0. The van der Waals surface area contributed by atoms with Gasteiger partial charge < -0.3 is 9.72 Å². The zero-order valence-corrected chi connectivity index (χ0v) is 11.0. The molecule has 6 nitrogen and oxygen atoms in total. The van der Waals surface area contributed by atoms with E-state index in [1.54, 1.807) is 0 Å². The standard InChI is InChI=1S/C13H18N2O4/c1-9(16)11-7-14-13(18)15(12(11)17)5-2-6-19-8-10-3-4-10/h7,10H,2-6,8H2,1H3,(H,14,18). The van der Waals surface area contributed by atoms with Crippen LogP contribution in [0.15, 0.2) is 15.8 Å².